The first-order valence-electron chi connectivity index (χ1n) is 5.89. The Hall–Kier alpha value is -1.47. The number of unbranched alkanes of at least 4 members (excludes halogenated alkanes) is 1. The fourth-order valence-electron chi connectivity index (χ4n) is 1.65. The molecule has 0 radical (unpaired) electrons. The SMILES string of the molecule is CS(=O)(=O)c1c(NCCCCC(F)(F)F)sc(C#N)c1N. The summed E-state index contributed by atoms with van der Waals surface area (Å²) in [5.74, 6) is 0. The molecule has 0 atom stereocenters. The second-order valence-electron chi connectivity index (χ2n) is 4.39. The van der Waals surface area contributed by atoms with Crippen molar-refractivity contribution in [1.82, 2.24) is 0 Å². The third-order valence-corrected chi connectivity index (χ3v) is 4.91. The van der Waals surface area contributed by atoms with Gasteiger partial charge in [-0.3, -0.25) is 0 Å². The lowest BCUT2D eigenvalue weighted by molar-refractivity contribution is -0.135. The zero-order valence-electron chi connectivity index (χ0n) is 11.1. The second kappa shape index (κ2) is 6.53. The first-order chi connectivity index (χ1) is 9.56. The summed E-state index contributed by atoms with van der Waals surface area (Å²) in [6.07, 6.45) is -3.95. The molecule has 0 aliphatic rings. The Morgan fingerprint density at radius 2 is 2.00 bits per heavy atom. The molecule has 0 bridgehead atoms. The van der Waals surface area contributed by atoms with Crippen LogP contribution in [0.25, 0.3) is 0 Å². The van der Waals surface area contributed by atoms with E-state index in [1.165, 1.54) is 0 Å². The lowest BCUT2D eigenvalue weighted by atomic mass is 10.2. The van der Waals surface area contributed by atoms with Gasteiger partial charge in [0.15, 0.2) is 9.84 Å². The van der Waals surface area contributed by atoms with E-state index in [-0.39, 0.29) is 39.8 Å². The molecule has 10 heteroatoms. The molecule has 1 aromatic rings. The highest BCUT2D eigenvalue weighted by Crippen LogP contribution is 2.38. The molecular weight excluding hydrogens is 327 g/mol. The van der Waals surface area contributed by atoms with Crippen LogP contribution in [0.2, 0.25) is 0 Å². The fraction of sp³-hybridized carbons (Fsp3) is 0.545. The number of sulfone groups is 1. The minimum Gasteiger partial charge on any atom is -0.396 e. The van der Waals surface area contributed by atoms with E-state index < -0.39 is 22.4 Å². The number of halogens is 3. The molecule has 5 nitrogen and oxygen atoms in total. The van der Waals surface area contributed by atoms with Gasteiger partial charge in [-0.2, -0.15) is 18.4 Å². The van der Waals surface area contributed by atoms with Gasteiger partial charge in [0.05, 0.1) is 5.69 Å². The van der Waals surface area contributed by atoms with E-state index in [0.29, 0.717) is 0 Å². The van der Waals surface area contributed by atoms with Crippen molar-refractivity contribution >= 4 is 31.9 Å². The van der Waals surface area contributed by atoms with Crippen molar-refractivity contribution in [3.05, 3.63) is 4.88 Å². The van der Waals surface area contributed by atoms with Crippen LogP contribution in [0.5, 0.6) is 0 Å². The van der Waals surface area contributed by atoms with E-state index >= 15 is 0 Å². The van der Waals surface area contributed by atoms with Crippen molar-refractivity contribution in [3.8, 4) is 6.07 Å². The zero-order valence-corrected chi connectivity index (χ0v) is 12.8. The molecule has 0 spiro atoms. The molecule has 0 aliphatic carbocycles. The summed E-state index contributed by atoms with van der Waals surface area (Å²) in [5, 5.41) is 11.8. The maximum Gasteiger partial charge on any atom is 0.389 e. The van der Waals surface area contributed by atoms with E-state index in [1.807, 2.05) is 0 Å². The Bertz CT molecular complexity index is 645. The number of anilines is 2. The van der Waals surface area contributed by atoms with Crippen LogP contribution in [0.15, 0.2) is 4.90 Å². The summed E-state index contributed by atoms with van der Waals surface area (Å²) in [6, 6.07) is 1.79. The van der Waals surface area contributed by atoms with Gasteiger partial charge in [0, 0.05) is 19.2 Å². The molecule has 1 rings (SSSR count). The van der Waals surface area contributed by atoms with E-state index in [4.69, 9.17) is 11.0 Å². The summed E-state index contributed by atoms with van der Waals surface area (Å²) in [6.45, 7) is 0.170. The van der Waals surface area contributed by atoms with Crippen LogP contribution < -0.4 is 11.1 Å². The number of nitriles is 1. The number of nitrogens with one attached hydrogen (secondary N) is 1. The van der Waals surface area contributed by atoms with Crippen molar-refractivity contribution in [2.45, 2.75) is 30.3 Å². The highest BCUT2D eigenvalue weighted by atomic mass is 32.2. The van der Waals surface area contributed by atoms with Gasteiger partial charge in [0.25, 0.3) is 0 Å². The van der Waals surface area contributed by atoms with Gasteiger partial charge in [0.1, 0.15) is 20.8 Å². The first kappa shape index (κ1) is 17.6. The maximum absolute atomic E-state index is 12.0. The molecule has 0 fully saturated rings. The summed E-state index contributed by atoms with van der Waals surface area (Å²) in [5.41, 5.74) is 5.49. The van der Waals surface area contributed by atoms with Gasteiger partial charge >= 0.3 is 6.18 Å². The normalized spacial score (nSPS) is 12.1. The first-order valence-corrected chi connectivity index (χ1v) is 8.60. The van der Waals surface area contributed by atoms with Crippen LogP contribution in [0.3, 0.4) is 0 Å². The van der Waals surface area contributed by atoms with E-state index in [9.17, 15) is 21.6 Å². The van der Waals surface area contributed by atoms with E-state index in [1.54, 1.807) is 6.07 Å². The highest BCUT2D eigenvalue weighted by molar-refractivity contribution is 7.91. The van der Waals surface area contributed by atoms with Gasteiger partial charge in [-0.15, -0.1) is 11.3 Å². The third kappa shape index (κ3) is 5.09. The number of rotatable bonds is 6. The summed E-state index contributed by atoms with van der Waals surface area (Å²) >= 11 is 0.878. The van der Waals surface area contributed by atoms with Gasteiger partial charge < -0.3 is 11.1 Å². The number of nitrogen functional groups attached to an aromatic ring is 1. The number of hydrogen-bond donors (Lipinski definition) is 2. The predicted molar refractivity (Wildman–Crippen MR) is 75.0 cm³/mol. The molecule has 21 heavy (non-hydrogen) atoms. The van der Waals surface area contributed by atoms with Gasteiger partial charge in [-0.05, 0) is 12.8 Å². The average Bonchev–Trinajstić information content (AvgIpc) is 2.63. The smallest absolute Gasteiger partial charge is 0.389 e. The second-order valence-corrected chi connectivity index (χ2v) is 7.36. The monoisotopic (exact) mass is 341 g/mol. The van der Waals surface area contributed by atoms with Gasteiger partial charge in [-0.25, -0.2) is 8.42 Å². The molecule has 1 aromatic heterocycles. The Kier molecular flexibility index (Phi) is 5.47. The minimum atomic E-state index is -4.20. The molecule has 0 unspecified atom stereocenters. The Labute approximate surface area is 124 Å². The molecular formula is C11H14F3N3O2S2. The quantitative estimate of drug-likeness (QED) is 0.776. The van der Waals surface area contributed by atoms with Crippen molar-refractivity contribution < 1.29 is 21.6 Å². The van der Waals surface area contributed by atoms with Crippen molar-refractivity contribution in [1.29, 1.82) is 5.26 Å². The summed E-state index contributed by atoms with van der Waals surface area (Å²) < 4.78 is 59.2. The largest absolute Gasteiger partial charge is 0.396 e. The minimum absolute atomic E-state index is 0.0589. The lowest BCUT2D eigenvalue weighted by Gasteiger charge is -2.08. The number of alkyl halides is 3. The van der Waals surface area contributed by atoms with Crippen molar-refractivity contribution in [3.63, 3.8) is 0 Å². The van der Waals surface area contributed by atoms with Crippen LogP contribution >= 0.6 is 11.3 Å². The molecule has 3 N–H and O–H groups in total. The molecule has 0 aromatic carbocycles. The zero-order chi connectivity index (χ0) is 16.3. The van der Waals surface area contributed by atoms with Crippen LogP contribution in [-0.2, 0) is 9.84 Å². The Morgan fingerprint density at radius 1 is 1.38 bits per heavy atom. The van der Waals surface area contributed by atoms with Gasteiger partial charge in [-0.1, -0.05) is 0 Å². The van der Waals surface area contributed by atoms with Crippen LogP contribution in [0.4, 0.5) is 23.9 Å². The molecule has 118 valence electrons. The third-order valence-electron chi connectivity index (χ3n) is 2.54. The average molecular weight is 341 g/mol. The van der Waals surface area contributed by atoms with E-state index in [2.05, 4.69) is 5.32 Å². The predicted octanol–water partition coefficient (Wildman–Crippen LogP) is 2.75. The van der Waals surface area contributed by atoms with Crippen LogP contribution in [-0.4, -0.2) is 27.4 Å². The number of thiophene rings is 1. The number of nitrogens with zero attached hydrogens (tertiary/aromatic N) is 1. The van der Waals surface area contributed by atoms with Gasteiger partial charge in [0.2, 0.25) is 0 Å². The molecule has 0 amide bonds. The molecule has 0 saturated carbocycles. The standard InChI is InChI=1S/C11H14F3N3O2S2/c1-21(18,19)9-8(16)7(6-15)20-10(9)17-5-3-2-4-11(12,13)14/h17H,2-5,16H2,1H3. The number of hydrogen-bond acceptors (Lipinski definition) is 6. The Balaban J connectivity index is 2.74. The Morgan fingerprint density at radius 3 is 2.48 bits per heavy atom. The van der Waals surface area contributed by atoms with Crippen LogP contribution in [0, 0.1) is 11.3 Å². The highest BCUT2D eigenvalue weighted by Gasteiger charge is 2.26. The topological polar surface area (TPSA) is 96.0 Å². The number of nitrogens with two attached hydrogens (primary N) is 1. The molecule has 1 heterocycles. The lowest BCUT2D eigenvalue weighted by Crippen LogP contribution is -2.09. The summed E-state index contributed by atoms with van der Waals surface area (Å²) in [7, 11) is -3.63. The maximum atomic E-state index is 12.0. The molecule has 0 saturated heterocycles. The molecule has 0 aliphatic heterocycles. The summed E-state index contributed by atoms with van der Waals surface area (Å²) in [4.78, 5) is -0.104. The van der Waals surface area contributed by atoms with Crippen molar-refractivity contribution in [2.75, 3.05) is 23.9 Å². The van der Waals surface area contributed by atoms with E-state index in [0.717, 1.165) is 17.6 Å². The van der Waals surface area contributed by atoms with Crippen molar-refractivity contribution in [2.24, 2.45) is 0 Å². The van der Waals surface area contributed by atoms with Crippen LogP contribution in [0.1, 0.15) is 24.1 Å². The fourth-order valence-corrected chi connectivity index (χ4v) is 4.04.